The van der Waals surface area contributed by atoms with Gasteiger partial charge in [0.15, 0.2) is 0 Å². The number of H-pyrrole nitrogens is 1. The third-order valence-corrected chi connectivity index (χ3v) is 3.01. The summed E-state index contributed by atoms with van der Waals surface area (Å²) in [6, 6.07) is 3.08. The predicted octanol–water partition coefficient (Wildman–Crippen LogP) is 3.36. The van der Waals surface area contributed by atoms with Crippen LogP contribution in [-0.4, -0.2) is 9.97 Å². The number of nitrogens with one attached hydrogen (secondary N) is 1. The zero-order chi connectivity index (χ0) is 9.42. The van der Waals surface area contributed by atoms with Gasteiger partial charge in [0, 0.05) is 0 Å². The Labute approximate surface area is 90.8 Å². The molecule has 68 valence electrons. The lowest BCUT2D eigenvalue weighted by Crippen LogP contribution is -1.78. The number of hydrogen-bond acceptors (Lipinski definition) is 1. The van der Waals surface area contributed by atoms with Crippen LogP contribution in [0.5, 0.6) is 0 Å². The number of rotatable bonds is 1. The van der Waals surface area contributed by atoms with E-state index in [4.69, 9.17) is 0 Å². The van der Waals surface area contributed by atoms with E-state index in [1.165, 1.54) is 6.07 Å². The molecule has 0 aliphatic carbocycles. The quantitative estimate of drug-likeness (QED) is 0.804. The van der Waals surface area contributed by atoms with Crippen LogP contribution in [0.2, 0.25) is 0 Å². The second-order valence-corrected chi connectivity index (χ2v) is 3.93. The largest absolute Gasteiger partial charge is 0.341 e. The molecule has 0 saturated heterocycles. The van der Waals surface area contributed by atoms with Crippen LogP contribution in [0.3, 0.4) is 0 Å². The van der Waals surface area contributed by atoms with Crippen molar-refractivity contribution in [3.63, 3.8) is 0 Å². The van der Waals surface area contributed by atoms with Gasteiger partial charge in [-0.15, -0.1) is 0 Å². The van der Waals surface area contributed by atoms with Crippen LogP contribution in [0.15, 0.2) is 16.6 Å². The molecule has 0 bridgehead atoms. The van der Waals surface area contributed by atoms with E-state index in [0.29, 0.717) is 15.3 Å². The molecule has 0 spiro atoms. The first-order valence-corrected chi connectivity index (χ1v) is 5.52. The van der Waals surface area contributed by atoms with E-state index in [0.717, 1.165) is 11.3 Å². The van der Waals surface area contributed by atoms with Crippen molar-refractivity contribution in [3.8, 4) is 0 Å². The third-order valence-electron chi connectivity index (χ3n) is 1.72. The molecule has 1 aromatic carbocycles. The standard InChI is InChI=1S/C8H5Br2FN2/c9-3-6-12-5-2-1-4(11)7(10)8(5)13-6/h1-2H,3H2,(H,12,13). The maximum absolute atomic E-state index is 13.0. The Bertz CT molecular complexity index is 453. The average molecular weight is 308 g/mol. The molecule has 2 aromatic rings. The van der Waals surface area contributed by atoms with Crippen molar-refractivity contribution in [1.29, 1.82) is 0 Å². The number of nitrogens with zero attached hydrogens (tertiary/aromatic N) is 1. The van der Waals surface area contributed by atoms with E-state index in [9.17, 15) is 4.39 Å². The lowest BCUT2D eigenvalue weighted by atomic mass is 10.3. The van der Waals surface area contributed by atoms with E-state index in [1.54, 1.807) is 6.07 Å². The number of halogens is 3. The highest BCUT2D eigenvalue weighted by molar-refractivity contribution is 9.10. The van der Waals surface area contributed by atoms with E-state index in [2.05, 4.69) is 41.8 Å². The fourth-order valence-electron chi connectivity index (χ4n) is 1.13. The molecule has 2 rings (SSSR count). The molecular weight excluding hydrogens is 303 g/mol. The number of aromatic nitrogens is 2. The Kier molecular flexibility index (Phi) is 2.38. The maximum atomic E-state index is 13.0. The highest BCUT2D eigenvalue weighted by Crippen LogP contribution is 2.25. The molecule has 0 saturated carbocycles. The fraction of sp³-hybridized carbons (Fsp3) is 0.125. The first kappa shape index (κ1) is 9.15. The smallest absolute Gasteiger partial charge is 0.139 e. The van der Waals surface area contributed by atoms with Crippen molar-refractivity contribution in [3.05, 3.63) is 28.2 Å². The minimum absolute atomic E-state index is 0.292. The van der Waals surface area contributed by atoms with Gasteiger partial charge < -0.3 is 4.98 Å². The topological polar surface area (TPSA) is 28.7 Å². The van der Waals surface area contributed by atoms with Gasteiger partial charge in [-0.05, 0) is 28.1 Å². The van der Waals surface area contributed by atoms with Gasteiger partial charge in [-0.2, -0.15) is 0 Å². The minimum Gasteiger partial charge on any atom is -0.341 e. The van der Waals surface area contributed by atoms with Gasteiger partial charge in [0.25, 0.3) is 0 Å². The van der Waals surface area contributed by atoms with E-state index in [1.807, 2.05) is 0 Å². The molecule has 0 unspecified atom stereocenters. The van der Waals surface area contributed by atoms with Crippen molar-refractivity contribution < 1.29 is 4.39 Å². The van der Waals surface area contributed by atoms with Crippen molar-refractivity contribution >= 4 is 42.9 Å². The van der Waals surface area contributed by atoms with Crippen LogP contribution in [0.25, 0.3) is 11.0 Å². The molecule has 0 aliphatic rings. The Morgan fingerprint density at radius 1 is 1.46 bits per heavy atom. The number of aromatic amines is 1. The Hall–Kier alpha value is -0.420. The summed E-state index contributed by atoms with van der Waals surface area (Å²) in [5.74, 6) is 0.501. The number of hydrogen-bond donors (Lipinski definition) is 1. The first-order chi connectivity index (χ1) is 6.22. The van der Waals surface area contributed by atoms with Gasteiger partial charge in [-0.3, -0.25) is 0 Å². The monoisotopic (exact) mass is 306 g/mol. The van der Waals surface area contributed by atoms with Gasteiger partial charge in [-0.25, -0.2) is 9.37 Å². The zero-order valence-corrected chi connectivity index (χ0v) is 9.61. The van der Waals surface area contributed by atoms with Crippen molar-refractivity contribution in [2.45, 2.75) is 5.33 Å². The van der Waals surface area contributed by atoms with Gasteiger partial charge in [0.2, 0.25) is 0 Å². The van der Waals surface area contributed by atoms with Crippen LogP contribution < -0.4 is 0 Å². The number of fused-ring (bicyclic) bond motifs is 1. The second kappa shape index (κ2) is 3.38. The summed E-state index contributed by atoms with van der Waals surface area (Å²) >= 11 is 6.43. The van der Waals surface area contributed by atoms with Crippen LogP contribution in [0.4, 0.5) is 4.39 Å². The normalized spacial score (nSPS) is 11.0. The SMILES string of the molecule is Fc1ccc2[nH]c(CBr)nc2c1Br. The molecule has 0 radical (unpaired) electrons. The summed E-state index contributed by atoms with van der Waals surface area (Å²) in [7, 11) is 0. The molecule has 0 fully saturated rings. The molecule has 13 heavy (non-hydrogen) atoms. The Balaban J connectivity index is 2.76. The van der Waals surface area contributed by atoms with Crippen LogP contribution in [-0.2, 0) is 5.33 Å². The molecule has 1 heterocycles. The maximum Gasteiger partial charge on any atom is 0.139 e. The number of benzene rings is 1. The Morgan fingerprint density at radius 2 is 2.23 bits per heavy atom. The molecule has 1 N–H and O–H groups in total. The molecule has 5 heteroatoms. The number of imidazole rings is 1. The summed E-state index contributed by atoms with van der Waals surface area (Å²) in [6.45, 7) is 0. The molecule has 0 aliphatic heterocycles. The summed E-state index contributed by atoms with van der Waals surface area (Å²) in [4.78, 5) is 7.26. The average Bonchev–Trinajstić information content (AvgIpc) is 2.55. The number of alkyl halides is 1. The van der Waals surface area contributed by atoms with E-state index in [-0.39, 0.29) is 5.82 Å². The predicted molar refractivity (Wildman–Crippen MR) is 56.4 cm³/mol. The van der Waals surface area contributed by atoms with Gasteiger partial charge in [-0.1, -0.05) is 15.9 Å². The van der Waals surface area contributed by atoms with Crippen molar-refractivity contribution in [2.24, 2.45) is 0 Å². The highest BCUT2D eigenvalue weighted by atomic mass is 79.9. The summed E-state index contributed by atoms with van der Waals surface area (Å²) in [6.07, 6.45) is 0. The lowest BCUT2D eigenvalue weighted by Gasteiger charge is -1.92. The van der Waals surface area contributed by atoms with Crippen molar-refractivity contribution in [2.75, 3.05) is 0 Å². The summed E-state index contributed by atoms with van der Waals surface area (Å²) < 4.78 is 13.5. The van der Waals surface area contributed by atoms with Crippen LogP contribution in [0, 0.1) is 5.82 Å². The first-order valence-electron chi connectivity index (χ1n) is 3.61. The van der Waals surface area contributed by atoms with Gasteiger partial charge in [0.05, 0.1) is 15.3 Å². The van der Waals surface area contributed by atoms with E-state index >= 15 is 0 Å². The third kappa shape index (κ3) is 1.50. The minimum atomic E-state index is -0.292. The molecular formula is C8H5Br2FN2. The van der Waals surface area contributed by atoms with Crippen LogP contribution >= 0.6 is 31.9 Å². The molecule has 0 amide bonds. The summed E-state index contributed by atoms with van der Waals surface area (Å²) in [5.41, 5.74) is 1.47. The summed E-state index contributed by atoms with van der Waals surface area (Å²) in [5, 5.41) is 0.635. The lowest BCUT2D eigenvalue weighted by molar-refractivity contribution is 0.623. The second-order valence-electron chi connectivity index (χ2n) is 2.57. The fourth-order valence-corrected chi connectivity index (χ4v) is 1.83. The van der Waals surface area contributed by atoms with Gasteiger partial charge in [0.1, 0.15) is 17.2 Å². The Morgan fingerprint density at radius 3 is 2.92 bits per heavy atom. The van der Waals surface area contributed by atoms with Gasteiger partial charge >= 0.3 is 0 Å². The van der Waals surface area contributed by atoms with Crippen LogP contribution in [0.1, 0.15) is 5.82 Å². The molecule has 2 nitrogen and oxygen atoms in total. The zero-order valence-electron chi connectivity index (χ0n) is 6.44. The van der Waals surface area contributed by atoms with E-state index < -0.39 is 0 Å². The molecule has 0 atom stereocenters. The highest BCUT2D eigenvalue weighted by Gasteiger charge is 2.08. The van der Waals surface area contributed by atoms with Crippen molar-refractivity contribution in [1.82, 2.24) is 9.97 Å². The molecule has 1 aromatic heterocycles.